The third kappa shape index (κ3) is 3.03. The van der Waals surface area contributed by atoms with Crippen molar-refractivity contribution >= 4 is 38.2 Å². The van der Waals surface area contributed by atoms with Gasteiger partial charge in [0, 0.05) is 24.5 Å². The molecule has 0 saturated heterocycles. The summed E-state index contributed by atoms with van der Waals surface area (Å²) >= 11 is 1.45. The molecule has 0 radical (unpaired) electrons. The van der Waals surface area contributed by atoms with E-state index in [2.05, 4.69) is 31.5 Å². The van der Waals surface area contributed by atoms with Crippen molar-refractivity contribution in [2.45, 2.75) is 27.3 Å². The highest BCUT2D eigenvalue weighted by molar-refractivity contribution is 7.22. The number of anilines is 1. The van der Waals surface area contributed by atoms with Gasteiger partial charge in [-0.3, -0.25) is 14.8 Å². The lowest BCUT2D eigenvalue weighted by molar-refractivity contribution is 0.102. The number of rotatable bonds is 4. The van der Waals surface area contributed by atoms with Crippen molar-refractivity contribution < 1.29 is 4.79 Å². The number of carbonyl (C=O) groups is 1. The normalized spacial score (nSPS) is 11.4. The summed E-state index contributed by atoms with van der Waals surface area (Å²) in [7, 11) is 0. The molecule has 0 fully saturated rings. The van der Waals surface area contributed by atoms with Crippen LogP contribution >= 0.6 is 11.3 Å². The number of nitrogens with zero attached hydrogens (tertiary/aromatic N) is 6. The molecule has 0 saturated carbocycles. The van der Waals surface area contributed by atoms with E-state index in [4.69, 9.17) is 0 Å². The van der Waals surface area contributed by atoms with Crippen molar-refractivity contribution in [3.63, 3.8) is 0 Å². The summed E-state index contributed by atoms with van der Waals surface area (Å²) in [6, 6.07) is 7.90. The first-order valence-corrected chi connectivity index (χ1v) is 10.4. The molecule has 5 rings (SSSR count). The molecule has 0 atom stereocenters. The maximum Gasteiger partial charge on any atom is 0.262 e. The Morgan fingerprint density at radius 3 is 2.90 bits per heavy atom. The first-order valence-electron chi connectivity index (χ1n) is 9.59. The molecule has 9 heteroatoms. The van der Waals surface area contributed by atoms with E-state index in [1.54, 1.807) is 10.7 Å². The second-order valence-electron chi connectivity index (χ2n) is 7.05. The highest BCUT2D eigenvalue weighted by atomic mass is 32.1. The van der Waals surface area contributed by atoms with Gasteiger partial charge < -0.3 is 0 Å². The lowest BCUT2D eigenvalue weighted by Crippen LogP contribution is -2.12. The molecule has 0 aliphatic rings. The van der Waals surface area contributed by atoms with E-state index < -0.39 is 0 Å². The smallest absolute Gasteiger partial charge is 0.262 e. The number of amides is 1. The fraction of sp³-hybridized carbons (Fsp3) is 0.190. The van der Waals surface area contributed by atoms with Crippen molar-refractivity contribution in [2.24, 2.45) is 0 Å². The van der Waals surface area contributed by atoms with Crippen molar-refractivity contribution in [1.82, 2.24) is 29.4 Å². The van der Waals surface area contributed by atoms with Crippen LogP contribution in [0.1, 0.15) is 28.5 Å². The van der Waals surface area contributed by atoms with Gasteiger partial charge in [-0.2, -0.15) is 10.2 Å². The van der Waals surface area contributed by atoms with Crippen LogP contribution in [-0.2, 0) is 6.54 Å². The van der Waals surface area contributed by atoms with Crippen LogP contribution in [-0.4, -0.2) is 35.3 Å². The molecule has 1 aromatic carbocycles. The number of hydrogen-bond donors (Lipinski definition) is 1. The summed E-state index contributed by atoms with van der Waals surface area (Å²) in [5.74, 6) is -0.286. The molecular formula is C21H19N7OS. The molecule has 1 amide bonds. The number of nitrogens with one attached hydrogen (secondary N) is 1. The Labute approximate surface area is 176 Å². The van der Waals surface area contributed by atoms with Crippen LogP contribution < -0.4 is 5.32 Å². The van der Waals surface area contributed by atoms with Crippen LogP contribution in [0.15, 0.2) is 42.9 Å². The van der Waals surface area contributed by atoms with Gasteiger partial charge >= 0.3 is 0 Å². The Hall–Kier alpha value is -3.59. The minimum atomic E-state index is -0.286. The zero-order valence-electron chi connectivity index (χ0n) is 16.7. The lowest BCUT2D eigenvalue weighted by Gasteiger charge is -2.04. The Balaban J connectivity index is 1.51. The third-order valence-corrected chi connectivity index (χ3v) is 5.89. The highest BCUT2D eigenvalue weighted by Gasteiger charge is 2.19. The van der Waals surface area contributed by atoms with Gasteiger partial charge in [-0.25, -0.2) is 14.5 Å². The van der Waals surface area contributed by atoms with E-state index in [-0.39, 0.29) is 5.91 Å². The molecule has 5 aromatic rings. The van der Waals surface area contributed by atoms with Gasteiger partial charge in [0.2, 0.25) is 0 Å². The lowest BCUT2D eigenvalue weighted by atomic mass is 10.2. The van der Waals surface area contributed by atoms with Crippen molar-refractivity contribution in [3.8, 4) is 11.3 Å². The Bertz CT molecular complexity index is 1410. The second-order valence-corrected chi connectivity index (χ2v) is 8.08. The molecule has 0 bridgehead atoms. The fourth-order valence-corrected chi connectivity index (χ4v) is 4.40. The molecule has 0 aliphatic heterocycles. The molecule has 0 aliphatic carbocycles. The van der Waals surface area contributed by atoms with E-state index in [1.165, 1.54) is 17.5 Å². The van der Waals surface area contributed by atoms with Gasteiger partial charge in [-0.05, 0) is 44.5 Å². The van der Waals surface area contributed by atoms with Crippen LogP contribution in [0, 0.1) is 13.8 Å². The van der Waals surface area contributed by atoms with E-state index >= 15 is 0 Å². The Morgan fingerprint density at radius 2 is 2.10 bits per heavy atom. The first-order chi connectivity index (χ1) is 14.5. The van der Waals surface area contributed by atoms with Crippen molar-refractivity contribution in [1.29, 1.82) is 0 Å². The SMILES string of the molecule is CCn1cc(-c2ccnc3c(C(=O)Nc4nc5ccc(C)cc5s4)cnn23)c(C)n1. The average molecular weight is 417 g/mol. The van der Waals surface area contributed by atoms with Crippen molar-refractivity contribution in [2.75, 3.05) is 5.32 Å². The van der Waals surface area contributed by atoms with Crippen LogP contribution in [0.5, 0.6) is 0 Å². The van der Waals surface area contributed by atoms with E-state index in [1.807, 2.05) is 49.8 Å². The minimum Gasteiger partial charge on any atom is -0.298 e. The van der Waals surface area contributed by atoms with Crippen LogP contribution in [0.25, 0.3) is 27.1 Å². The molecule has 4 aromatic heterocycles. The van der Waals surface area contributed by atoms with Gasteiger partial charge in [0.15, 0.2) is 10.8 Å². The molecule has 0 unspecified atom stereocenters. The molecule has 30 heavy (non-hydrogen) atoms. The summed E-state index contributed by atoms with van der Waals surface area (Å²) in [5.41, 5.74) is 5.61. The summed E-state index contributed by atoms with van der Waals surface area (Å²) in [4.78, 5) is 21.8. The quantitative estimate of drug-likeness (QED) is 0.476. The fourth-order valence-electron chi connectivity index (χ4n) is 3.44. The van der Waals surface area contributed by atoms with Crippen LogP contribution in [0.4, 0.5) is 5.13 Å². The van der Waals surface area contributed by atoms with Gasteiger partial charge in [0.25, 0.3) is 5.91 Å². The predicted octanol–water partition coefficient (Wildman–Crippen LogP) is 4.09. The zero-order valence-corrected chi connectivity index (χ0v) is 17.6. The predicted molar refractivity (Wildman–Crippen MR) is 117 cm³/mol. The van der Waals surface area contributed by atoms with Gasteiger partial charge in [-0.15, -0.1) is 0 Å². The number of carbonyl (C=O) groups excluding carboxylic acids is 1. The molecule has 8 nitrogen and oxygen atoms in total. The van der Waals surface area contributed by atoms with E-state index in [0.29, 0.717) is 16.3 Å². The monoisotopic (exact) mass is 417 g/mol. The topological polar surface area (TPSA) is 90.0 Å². The van der Waals surface area contributed by atoms with Crippen molar-refractivity contribution in [3.05, 3.63) is 59.7 Å². The number of aromatic nitrogens is 6. The molecule has 4 heterocycles. The average Bonchev–Trinajstić information content (AvgIpc) is 3.43. The number of aryl methyl sites for hydroxylation is 3. The summed E-state index contributed by atoms with van der Waals surface area (Å²) in [5, 5.41) is 12.4. The van der Waals surface area contributed by atoms with E-state index in [0.717, 1.165) is 39.3 Å². The Kier molecular flexibility index (Phi) is 4.32. The summed E-state index contributed by atoms with van der Waals surface area (Å²) in [6.45, 7) is 6.81. The summed E-state index contributed by atoms with van der Waals surface area (Å²) in [6.07, 6.45) is 5.21. The van der Waals surface area contributed by atoms with Gasteiger partial charge in [-0.1, -0.05) is 17.4 Å². The number of benzene rings is 1. The minimum absolute atomic E-state index is 0.286. The molecule has 0 spiro atoms. The maximum absolute atomic E-state index is 12.9. The number of hydrogen-bond acceptors (Lipinski definition) is 6. The molecule has 1 N–H and O–H groups in total. The molecule has 150 valence electrons. The second kappa shape index (κ2) is 7.03. The maximum atomic E-state index is 12.9. The Morgan fingerprint density at radius 1 is 1.23 bits per heavy atom. The molecular weight excluding hydrogens is 398 g/mol. The number of fused-ring (bicyclic) bond motifs is 2. The standard InChI is InChI=1S/C21H19N7OS/c1-4-27-11-15(13(3)26-27)17-7-8-22-19-14(10-23-28(17)19)20(29)25-21-24-16-6-5-12(2)9-18(16)30-21/h5-11H,4H2,1-3H3,(H,24,25,29). The largest absolute Gasteiger partial charge is 0.298 e. The zero-order chi connectivity index (χ0) is 20.8. The van der Waals surface area contributed by atoms with Crippen LogP contribution in [0.3, 0.4) is 0 Å². The van der Waals surface area contributed by atoms with Gasteiger partial charge in [0.05, 0.1) is 27.8 Å². The van der Waals surface area contributed by atoms with Crippen LogP contribution in [0.2, 0.25) is 0 Å². The highest BCUT2D eigenvalue weighted by Crippen LogP contribution is 2.28. The summed E-state index contributed by atoms with van der Waals surface area (Å²) < 4.78 is 4.60. The third-order valence-electron chi connectivity index (χ3n) is 4.96. The van der Waals surface area contributed by atoms with Gasteiger partial charge in [0.1, 0.15) is 5.56 Å². The first kappa shape index (κ1) is 18.4. The number of thiazole rings is 1. The van der Waals surface area contributed by atoms with E-state index in [9.17, 15) is 4.79 Å².